The van der Waals surface area contributed by atoms with Crippen LogP contribution in [0.15, 0.2) is 24.3 Å². The molecule has 2 N–H and O–H groups in total. The lowest BCUT2D eigenvalue weighted by molar-refractivity contribution is 0.193. The van der Waals surface area contributed by atoms with Crippen LogP contribution >= 0.6 is 0 Å². The molecule has 0 aliphatic rings. The maximum atomic E-state index is 5.66. The van der Waals surface area contributed by atoms with Gasteiger partial charge in [-0.3, -0.25) is 0 Å². The number of ether oxygens (including phenoxy) is 1. The maximum Gasteiger partial charge on any atom is 0.119 e. The summed E-state index contributed by atoms with van der Waals surface area (Å²) in [4.78, 5) is 2.33. The summed E-state index contributed by atoms with van der Waals surface area (Å²) in [7, 11) is 2.15. The number of nitrogen functional groups attached to an aromatic ring is 1. The molecule has 0 spiro atoms. The Hall–Kier alpha value is -1.22. The number of rotatable bonds is 7. The molecule has 0 heterocycles. The van der Waals surface area contributed by atoms with E-state index in [2.05, 4.69) is 25.8 Å². The fourth-order valence-electron chi connectivity index (χ4n) is 1.73. The molecule has 1 aromatic rings. The van der Waals surface area contributed by atoms with E-state index in [0.29, 0.717) is 12.6 Å². The summed E-state index contributed by atoms with van der Waals surface area (Å²) in [6.07, 6.45) is 2.46. The van der Waals surface area contributed by atoms with Crippen molar-refractivity contribution in [2.45, 2.75) is 32.7 Å². The molecular weight excluding hydrogens is 212 g/mol. The molecule has 0 bridgehead atoms. The van der Waals surface area contributed by atoms with Gasteiger partial charge in [-0.1, -0.05) is 13.3 Å². The summed E-state index contributed by atoms with van der Waals surface area (Å²) in [6, 6.07) is 8.16. The van der Waals surface area contributed by atoms with Crippen molar-refractivity contribution in [1.82, 2.24) is 4.90 Å². The molecule has 0 aliphatic carbocycles. The van der Waals surface area contributed by atoms with Crippen molar-refractivity contribution in [2.75, 3.05) is 25.9 Å². The highest BCUT2D eigenvalue weighted by Gasteiger charge is 2.07. The molecule has 0 aliphatic heterocycles. The topological polar surface area (TPSA) is 38.5 Å². The van der Waals surface area contributed by atoms with Gasteiger partial charge in [-0.05, 0) is 44.7 Å². The minimum Gasteiger partial charge on any atom is -0.492 e. The highest BCUT2D eigenvalue weighted by atomic mass is 16.5. The molecule has 0 radical (unpaired) electrons. The molecule has 0 saturated heterocycles. The van der Waals surface area contributed by atoms with E-state index in [4.69, 9.17) is 10.5 Å². The molecule has 1 aromatic carbocycles. The van der Waals surface area contributed by atoms with Gasteiger partial charge < -0.3 is 15.4 Å². The van der Waals surface area contributed by atoms with Gasteiger partial charge in [0.2, 0.25) is 0 Å². The van der Waals surface area contributed by atoms with E-state index in [1.54, 1.807) is 0 Å². The zero-order valence-electron chi connectivity index (χ0n) is 11.1. The van der Waals surface area contributed by atoms with E-state index in [0.717, 1.165) is 18.0 Å². The van der Waals surface area contributed by atoms with Crippen LogP contribution < -0.4 is 10.5 Å². The summed E-state index contributed by atoms with van der Waals surface area (Å²) in [5.41, 5.74) is 6.38. The normalized spacial score (nSPS) is 12.7. The van der Waals surface area contributed by atoms with Crippen molar-refractivity contribution in [3.05, 3.63) is 24.3 Å². The summed E-state index contributed by atoms with van der Waals surface area (Å²) < 4.78 is 5.66. The lowest BCUT2D eigenvalue weighted by atomic mass is 10.2. The lowest BCUT2D eigenvalue weighted by Crippen LogP contribution is -2.32. The fraction of sp³-hybridized carbons (Fsp3) is 0.571. The Balaban J connectivity index is 2.25. The van der Waals surface area contributed by atoms with Gasteiger partial charge in [0.25, 0.3) is 0 Å². The first-order chi connectivity index (χ1) is 8.13. The Morgan fingerprint density at radius 3 is 2.53 bits per heavy atom. The number of benzene rings is 1. The van der Waals surface area contributed by atoms with Crippen LogP contribution in [0.1, 0.15) is 26.7 Å². The molecule has 17 heavy (non-hydrogen) atoms. The quantitative estimate of drug-likeness (QED) is 0.740. The Kier molecular flexibility index (Phi) is 5.84. The van der Waals surface area contributed by atoms with Gasteiger partial charge in [-0.2, -0.15) is 0 Å². The van der Waals surface area contributed by atoms with Gasteiger partial charge in [-0.15, -0.1) is 0 Å². The monoisotopic (exact) mass is 236 g/mol. The highest BCUT2D eigenvalue weighted by molar-refractivity contribution is 5.41. The van der Waals surface area contributed by atoms with Crippen LogP contribution in [0, 0.1) is 0 Å². The SMILES string of the molecule is CCCC(C)N(C)CCOc1ccc(N)cc1. The van der Waals surface area contributed by atoms with Crippen LogP contribution in [0.5, 0.6) is 5.75 Å². The van der Waals surface area contributed by atoms with Crippen molar-refractivity contribution in [2.24, 2.45) is 0 Å². The van der Waals surface area contributed by atoms with Crippen LogP contribution in [0.2, 0.25) is 0 Å². The molecular formula is C14H24N2O. The van der Waals surface area contributed by atoms with Gasteiger partial charge in [0.1, 0.15) is 12.4 Å². The lowest BCUT2D eigenvalue weighted by Gasteiger charge is -2.24. The minimum atomic E-state index is 0.620. The Morgan fingerprint density at radius 1 is 1.29 bits per heavy atom. The predicted octanol–water partition coefficient (Wildman–Crippen LogP) is 2.77. The van der Waals surface area contributed by atoms with Crippen molar-refractivity contribution < 1.29 is 4.74 Å². The third-order valence-corrected chi connectivity index (χ3v) is 3.05. The molecule has 96 valence electrons. The highest BCUT2D eigenvalue weighted by Crippen LogP contribution is 2.13. The minimum absolute atomic E-state index is 0.620. The third-order valence-electron chi connectivity index (χ3n) is 3.05. The van der Waals surface area contributed by atoms with Crippen molar-refractivity contribution >= 4 is 5.69 Å². The van der Waals surface area contributed by atoms with E-state index in [9.17, 15) is 0 Å². The van der Waals surface area contributed by atoms with Crippen LogP contribution in [0.4, 0.5) is 5.69 Å². The fourth-order valence-corrected chi connectivity index (χ4v) is 1.73. The number of nitrogens with zero attached hydrogens (tertiary/aromatic N) is 1. The number of likely N-dealkylation sites (N-methyl/N-ethyl adjacent to an activating group) is 1. The summed E-state index contributed by atoms with van der Waals surface area (Å²) >= 11 is 0. The number of anilines is 1. The van der Waals surface area contributed by atoms with Gasteiger partial charge in [0, 0.05) is 18.3 Å². The first-order valence-electron chi connectivity index (χ1n) is 6.32. The molecule has 1 rings (SSSR count). The third kappa shape index (κ3) is 5.09. The Bertz CT molecular complexity index is 311. The van der Waals surface area contributed by atoms with Crippen LogP contribution in [-0.2, 0) is 0 Å². The molecule has 0 aromatic heterocycles. The van der Waals surface area contributed by atoms with E-state index < -0.39 is 0 Å². The average molecular weight is 236 g/mol. The molecule has 3 heteroatoms. The van der Waals surface area contributed by atoms with E-state index in [1.165, 1.54) is 12.8 Å². The molecule has 0 amide bonds. The van der Waals surface area contributed by atoms with Crippen molar-refractivity contribution in [1.29, 1.82) is 0 Å². The Labute approximate surface area is 105 Å². The smallest absolute Gasteiger partial charge is 0.119 e. The number of hydrogen-bond acceptors (Lipinski definition) is 3. The van der Waals surface area contributed by atoms with Crippen LogP contribution in [-0.4, -0.2) is 31.1 Å². The van der Waals surface area contributed by atoms with Gasteiger partial charge in [0.15, 0.2) is 0 Å². The molecule has 0 fully saturated rings. The van der Waals surface area contributed by atoms with Gasteiger partial charge in [0.05, 0.1) is 0 Å². The second-order valence-electron chi connectivity index (χ2n) is 4.54. The average Bonchev–Trinajstić information content (AvgIpc) is 2.32. The summed E-state index contributed by atoms with van der Waals surface area (Å²) in [5, 5.41) is 0. The number of hydrogen-bond donors (Lipinski definition) is 1. The second-order valence-corrected chi connectivity index (χ2v) is 4.54. The zero-order valence-corrected chi connectivity index (χ0v) is 11.1. The van der Waals surface area contributed by atoms with E-state index in [-0.39, 0.29) is 0 Å². The van der Waals surface area contributed by atoms with Gasteiger partial charge in [-0.25, -0.2) is 0 Å². The standard InChI is InChI=1S/C14H24N2O/c1-4-5-12(2)16(3)10-11-17-14-8-6-13(15)7-9-14/h6-9,12H,4-5,10-11,15H2,1-3H3. The van der Waals surface area contributed by atoms with E-state index >= 15 is 0 Å². The molecule has 1 atom stereocenters. The first kappa shape index (κ1) is 13.8. The van der Waals surface area contributed by atoms with Crippen molar-refractivity contribution in [3.63, 3.8) is 0 Å². The number of nitrogens with two attached hydrogens (primary N) is 1. The van der Waals surface area contributed by atoms with E-state index in [1.807, 2.05) is 24.3 Å². The summed E-state index contributed by atoms with van der Waals surface area (Å²) in [5.74, 6) is 0.885. The van der Waals surface area contributed by atoms with Crippen LogP contribution in [0.25, 0.3) is 0 Å². The molecule has 1 unspecified atom stereocenters. The summed E-state index contributed by atoms with van der Waals surface area (Å²) in [6.45, 7) is 6.14. The predicted molar refractivity (Wildman–Crippen MR) is 73.3 cm³/mol. The Morgan fingerprint density at radius 2 is 1.94 bits per heavy atom. The maximum absolute atomic E-state index is 5.66. The van der Waals surface area contributed by atoms with Crippen LogP contribution in [0.3, 0.4) is 0 Å². The molecule has 3 nitrogen and oxygen atoms in total. The first-order valence-corrected chi connectivity index (χ1v) is 6.32. The largest absolute Gasteiger partial charge is 0.492 e. The molecule has 0 saturated carbocycles. The van der Waals surface area contributed by atoms with Crippen molar-refractivity contribution in [3.8, 4) is 5.75 Å². The zero-order chi connectivity index (χ0) is 12.7. The second kappa shape index (κ2) is 7.17. The van der Waals surface area contributed by atoms with Gasteiger partial charge >= 0.3 is 0 Å².